The van der Waals surface area contributed by atoms with Crippen molar-refractivity contribution in [3.05, 3.63) is 24.0 Å². The van der Waals surface area contributed by atoms with Gasteiger partial charge in [0.2, 0.25) is 0 Å². The van der Waals surface area contributed by atoms with Gasteiger partial charge in [-0.1, -0.05) is 19.8 Å². The number of nitrogens with zero attached hydrogens (tertiary/aromatic N) is 3. The molecule has 0 atom stereocenters. The molecule has 0 fully saturated rings. The van der Waals surface area contributed by atoms with Crippen LogP contribution in [-0.4, -0.2) is 21.1 Å². The first-order valence-electron chi connectivity index (χ1n) is 5.85. The molecule has 1 N–H and O–H groups in total. The summed E-state index contributed by atoms with van der Waals surface area (Å²) in [5, 5.41) is 7.61. The Morgan fingerprint density at radius 3 is 3.00 bits per heavy atom. The summed E-state index contributed by atoms with van der Waals surface area (Å²) in [5.74, 6) is 1.03. The maximum absolute atomic E-state index is 4.20. The molecule has 0 aliphatic rings. The Morgan fingerprint density at radius 1 is 1.31 bits per heavy atom. The number of unbranched alkanes of at least 4 members (excludes halogenated alkanes) is 2. The second kappa shape index (κ2) is 4.96. The van der Waals surface area contributed by atoms with Crippen LogP contribution in [-0.2, 0) is 0 Å². The smallest absolute Gasteiger partial charge is 0.157 e. The molecule has 0 aliphatic carbocycles. The summed E-state index contributed by atoms with van der Waals surface area (Å²) in [5.41, 5.74) is 2.11. The molecule has 86 valence electrons. The zero-order valence-corrected chi connectivity index (χ0v) is 9.90. The zero-order chi connectivity index (χ0) is 11.4. The van der Waals surface area contributed by atoms with Crippen LogP contribution in [0.2, 0.25) is 0 Å². The molecule has 16 heavy (non-hydrogen) atoms. The number of fused-ring (bicyclic) bond motifs is 1. The Morgan fingerprint density at radius 2 is 2.19 bits per heavy atom. The first-order valence-corrected chi connectivity index (χ1v) is 5.85. The molecule has 4 heteroatoms. The Labute approximate surface area is 95.7 Å². The van der Waals surface area contributed by atoms with Crippen LogP contribution in [0.3, 0.4) is 0 Å². The van der Waals surface area contributed by atoms with Gasteiger partial charge in [-0.15, -0.1) is 0 Å². The first-order chi connectivity index (χ1) is 7.81. The number of aryl methyl sites for hydroxylation is 1. The molecule has 0 bridgehead atoms. The normalized spacial score (nSPS) is 10.9. The summed E-state index contributed by atoms with van der Waals surface area (Å²) in [7, 11) is 0. The summed E-state index contributed by atoms with van der Waals surface area (Å²) in [6, 6.07) is 4.14. The third-order valence-electron chi connectivity index (χ3n) is 2.61. The fourth-order valence-corrected chi connectivity index (χ4v) is 1.77. The van der Waals surface area contributed by atoms with E-state index in [-0.39, 0.29) is 0 Å². The van der Waals surface area contributed by atoms with E-state index in [9.17, 15) is 0 Å². The maximum atomic E-state index is 4.20. The van der Waals surface area contributed by atoms with E-state index < -0.39 is 0 Å². The van der Waals surface area contributed by atoms with E-state index in [4.69, 9.17) is 0 Å². The van der Waals surface area contributed by atoms with Gasteiger partial charge in [0, 0.05) is 6.54 Å². The average Bonchev–Trinajstić information content (AvgIpc) is 2.72. The van der Waals surface area contributed by atoms with Crippen molar-refractivity contribution in [1.82, 2.24) is 14.6 Å². The number of pyridine rings is 1. The molecule has 0 unspecified atom stereocenters. The van der Waals surface area contributed by atoms with Crippen LogP contribution in [0.1, 0.15) is 31.7 Å². The van der Waals surface area contributed by atoms with Crippen LogP contribution >= 0.6 is 0 Å². The van der Waals surface area contributed by atoms with E-state index in [0.29, 0.717) is 0 Å². The lowest BCUT2D eigenvalue weighted by molar-refractivity contribution is 0.739. The highest BCUT2D eigenvalue weighted by Gasteiger charge is 2.02. The molecule has 2 heterocycles. The number of hydrogen-bond donors (Lipinski definition) is 1. The third-order valence-corrected chi connectivity index (χ3v) is 2.61. The van der Waals surface area contributed by atoms with Crippen molar-refractivity contribution in [2.24, 2.45) is 0 Å². The lowest BCUT2D eigenvalue weighted by atomic mass is 10.2. The molecule has 0 radical (unpaired) electrons. The summed E-state index contributed by atoms with van der Waals surface area (Å²) in [4.78, 5) is 4.20. The van der Waals surface area contributed by atoms with Crippen LogP contribution in [0, 0.1) is 6.92 Å². The lowest BCUT2D eigenvalue weighted by Crippen LogP contribution is -2.07. The summed E-state index contributed by atoms with van der Waals surface area (Å²) in [6.45, 7) is 5.28. The number of rotatable bonds is 5. The molecule has 0 spiro atoms. The molecule has 4 nitrogen and oxygen atoms in total. The molecular weight excluding hydrogens is 200 g/mol. The van der Waals surface area contributed by atoms with E-state index in [0.717, 1.165) is 18.0 Å². The summed E-state index contributed by atoms with van der Waals surface area (Å²) >= 11 is 0. The molecule has 0 aromatic carbocycles. The third kappa shape index (κ3) is 2.32. The van der Waals surface area contributed by atoms with Gasteiger partial charge >= 0.3 is 0 Å². The van der Waals surface area contributed by atoms with Crippen molar-refractivity contribution in [2.45, 2.75) is 33.1 Å². The number of hydrogen-bond acceptors (Lipinski definition) is 3. The molecule has 2 aromatic heterocycles. The van der Waals surface area contributed by atoms with Gasteiger partial charge in [0.25, 0.3) is 0 Å². The van der Waals surface area contributed by atoms with Gasteiger partial charge in [0.05, 0.1) is 0 Å². The fourth-order valence-electron chi connectivity index (χ4n) is 1.77. The number of anilines is 1. The zero-order valence-electron chi connectivity index (χ0n) is 9.90. The van der Waals surface area contributed by atoms with Crippen molar-refractivity contribution in [3.8, 4) is 0 Å². The first kappa shape index (κ1) is 10.9. The van der Waals surface area contributed by atoms with E-state index >= 15 is 0 Å². The topological polar surface area (TPSA) is 42.2 Å². The van der Waals surface area contributed by atoms with E-state index in [1.165, 1.54) is 24.8 Å². The van der Waals surface area contributed by atoms with E-state index in [2.05, 4.69) is 35.3 Å². The van der Waals surface area contributed by atoms with Gasteiger partial charge in [-0.3, -0.25) is 0 Å². The highest BCUT2D eigenvalue weighted by Crippen LogP contribution is 2.13. The number of aromatic nitrogens is 3. The van der Waals surface area contributed by atoms with Gasteiger partial charge in [-0.2, -0.15) is 9.61 Å². The van der Waals surface area contributed by atoms with Crippen LogP contribution in [0.25, 0.3) is 5.65 Å². The van der Waals surface area contributed by atoms with Gasteiger partial charge < -0.3 is 5.32 Å². The van der Waals surface area contributed by atoms with Crippen molar-refractivity contribution in [2.75, 3.05) is 11.9 Å². The SMILES string of the molecule is CCCCCNc1cc(C)cc2ncnn12. The minimum atomic E-state index is 0.901. The quantitative estimate of drug-likeness (QED) is 0.784. The minimum absolute atomic E-state index is 0.901. The van der Waals surface area contributed by atoms with E-state index in [1.807, 2.05) is 10.6 Å². The predicted octanol–water partition coefficient (Wildman–Crippen LogP) is 2.64. The fraction of sp³-hybridized carbons (Fsp3) is 0.500. The van der Waals surface area contributed by atoms with Gasteiger partial charge in [0.1, 0.15) is 12.1 Å². The number of nitrogens with one attached hydrogen (secondary N) is 1. The second-order valence-electron chi connectivity index (χ2n) is 4.08. The summed E-state index contributed by atoms with van der Waals surface area (Å²) in [6.07, 6.45) is 5.29. The van der Waals surface area contributed by atoms with Crippen LogP contribution in [0.5, 0.6) is 0 Å². The molecular formula is C12H18N4. The highest BCUT2D eigenvalue weighted by molar-refractivity contribution is 5.51. The molecule has 2 aromatic rings. The Balaban J connectivity index is 2.12. The standard InChI is InChI=1S/C12H18N4/c1-3-4-5-6-13-11-7-10(2)8-12-14-9-15-16(11)12/h7-9,13H,3-6H2,1-2H3. The van der Waals surface area contributed by atoms with Crippen molar-refractivity contribution >= 4 is 11.5 Å². The molecule has 0 aliphatic heterocycles. The van der Waals surface area contributed by atoms with E-state index in [1.54, 1.807) is 6.33 Å². The largest absolute Gasteiger partial charge is 0.370 e. The van der Waals surface area contributed by atoms with Crippen molar-refractivity contribution in [3.63, 3.8) is 0 Å². The van der Waals surface area contributed by atoms with Crippen LogP contribution in [0.15, 0.2) is 18.5 Å². The van der Waals surface area contributed by atoms with Gasteiger partial charge in [-0.25, -0.2) is 4.98 Å². The minimum Gasteiger partial charge on any atom is -0.370 e. The maximum Gasteiger partial charge on any atom is 0.157 e. The van der Waals surface area contributed by atoms with Crippen molar-refractivity contribution < 1.29 is 0 Å². The van der Waals surface area contributed by atoms with Gasteiger partial charge in [0.15, 0.2) is 5.65 Å². The Hall–Kier alpha value is -1.58. The van der Waals surface area contributed by atoms with Crippen LogP contribution in [0.4, 0.5) is 5.82 Å². The molecule has 0 saturated heterocycles. The average molecular weight is 218 g/mol. The molecule has 0 amide bonds. The predicted molar refractivity (Wildman–Crippen MR) is 65.7 cm³/mol. The lowest BCUT2D eigenvalue weighted by Gasteiger charge is -2.08. The van der Waals surface area contributed by atoms with Crippen LogP contribution < -0.4 is 5.32 Å². The monoisotopic (exact) mass is 218 g/mol. The molecule has 2 rings (SSSR count). The van der Waals surface area contributed by atoms with Gasteiger partial charge in [-0.05, 0) is 31.0 Å². The Bertz CT molecular complexity index is 461. The molecule has 0 saturated carbocycles. The Kier molecular flexibility index (Phi) is 3.39. The summed E-state index contributed by atoms with van der Waals surface area (Å²) < 4.78 is 1.85. The highest BCUT2D eigenvalue weighted by atomic mass is 15.3. The van der Waals surface area contributed by atoms with Crippen molar-refractivity contribution in [1.29, 1.82) is 0 Å². The second-order valence-corrected chi connectivity index (χ2v) is 4.08.